The minimum atomic E-state index is -0.544. The van der Waals surface area contributed by atoms with E-state index in [1.807, 2.05) is 27.7 Å². The van der Waals surface area contributed by atoms with Crippen LogP contribution in [0.2, 0.25) is 0 Å². The Morgan fingerprint density at radius 3 is 2.80 bits per heavy atom. The number of nitrogen functional groups attached to an aromatic ring is 1. The molecule has 2 heterocycles. The fourth-order valence-corrected chi connectivity index (χ4v) is 2.86. The number of amides is 1. The molecule has 0 radical (unpaired) electrons. The molecule has 1 fully saturated rings. The number of anilines is 1. The zero-order valence-corrected chi connectivity index (χ0v) is 15.4. The maximum atomic E-state index is 13.8. The lowest BCUT2D eigenvalue weighted by atomic mass is 10.0. The number of halogens is 1. The highest BCUT2D eigenvalue weighted by atomic mass is 19.1. The van der Waals surface area contributed by atoms with Crippen molar-refractivity contribution in [3.8, 4) is 0 Å². The van der Waals surface area contributed by atoms with Gasteiger partial charge in [-0.2, -0.15) is 0 Å². The molecule has 1 aliphatic rings. The van der Waals surface area contributed by atoms with Crippen LogP contribution in [0.5, 0.6) is 0 Å². The molecule has 0 spiro atoms. The Morgan fingerprint density at radius 2 is 2.20 bits per heavy atom. The third-order valence-corrected chi connectivity index (χ3v) is 4.22. The number of carbonyl (C=O) groups is 1. The van der Waals surface area contributed by atoms with Crippen LogP contribution in [0.25, 0.3) is 0 Å². The first-order valence-electron chi connectivity index (χ1n) is 8.70. The van der Waals surface area contributed by atoms with Gasteiger partial charge in [-0.1, -0.05) is 6.92 Å². The third-order valence-electron chi connectivity index (χ3n) is 4.22. The van der Waals surface area contributed by atoms with Crippen molar-refractivity contribution in [2.75, 3.05) is 18.9 Å². The molecule has 2 N–H and O–H groups in total. The van der Waals surface area contributed by atoms with Crippen molar-refractivity contribution in [1.29, 1.82) is 0 Å². The number of nitrogens with zero attached hydrogens (tertiary/aromatic N) is 2. The Morgan fingerprint density at radius 1 is 1.48 bits per heavy atom. The van der Waals surface area contributed by atoms with E-state index < -0.39 is 11.4 Å². The van der Waals surface area contributed by atoms with E-state index in [-0.39, 0.29) is 18.2 Å². The molecule has 0 saturated carbocycles. The third kappa shape index (κ3) is 5.29. The molecule has 1 saturated heterocycles. The molecule has 25 heavy (non-hydrogen) atoms. The fourth-order valence-electron chi connectivity index (χ4n) is 2.86. The van der Waals surface area contributed by atoms with Crippen LogP contribution < -0.4 is 5.73 Å². The first-order valence-corrected chi connectivity index (χ1v) is 8.70. The molecule has 0 bridgehead atoms. The molecule has 7 heteroatoms. The number of carbonyl (C=O) groups excluding carboxylic acids is 1. The van der Waals surface area contributed by atoms with Crippen molar-refractivity contribution in [1.82, 2.24) is 9.88 Å². The van der Waals surface area contributed by atoms with E-state index in [9.17, 15) is 9.18 Å². The molecule has 0 aromatic carbocycles. The molecule has 2 rings (SSSR count). The van der Waals surface area contributed by atoms with E-state index in [0.717, 1.165) is 12.6 Å². The van der Waals surface area contributed by atoms with E-state index in [2.05, 4.69) is 4.98 Å². The lowest BCUT2D eigenvalue weighted by Gasteiger charge is -2.40. The first kappa shape index (κ1) is 19.4. The summed E-state index contributed by atoms with van der Waals surface area (Å²) in [4.78, 5) is 17.9. The van der Waals surface area contributed by atoms with Crippen molar-refractivity contribution in [3.63, 3.8) is 0 Å². The number of hydrogen-bond acceptors (Lipinski definition) is 5. The average molecular weight is 353 g/mol. The minimum Gasteiger partial charge on any atom is -0.444 e. The number of nitrogens with two attached hydrogens (primary N) is 1. The number of morpholine rings is 1. The SMILES string of the molecule is CC[C@@H]1CO[C@H](CCc2c(N)cncc2F)CN1C(=O)OC(C)(C)C. The van der Waals surface area contributed by atoms with E-state index >= 15 is 0 Å². The van der Waals surface area contributed by atoms with Crippen LogP contribution in [0.3, 0.4) is 0 Å². The predicted molar refractivity (Wildman–Crippen MR) is 93.7 cm³/mol. The Kier molecular flexibility index (Phi) is 6.21. The summed E-state index contributed by atoms with van der Waals surface area (Å²) in [6.45, 7) is 8.43. The normalized spacial score (nSPS) is 21.2. The highest BCUT2D eigenvalue weighted by Gasteiger charge is 2.34. The number of rotatable bonds is 4. The molecule has 1 amide bonds. The summed E-state index contributed by atoms with van der Waals surface area (Å²) in [5, 5.41) is 0. The maximum Gasteiger partial charge on any atom is 0.410 e. The van der Waals surface area contributed by atoms with Gasteiger partial charge in [-0.3, -0.25) is 4.98 Å². The Labute approximate surface area is 148 Å². The second-order valence-electron chi connectivity index (χ2n) is 7.38. The van der Waals surface area contributed by atoms with Crippen LogP contribution in [0.1, 0.15) is 46.1 Å². The molecule has 1 aromatic heterocycles. The van der Waals surface area contributed by atoms with E-state index in [1.165, 1.54) is 6.20 Å². The second kappa shape index (κ2) is 7.99. The lowest BCUT2D eigenvalue weighted by Crippen LogP contribution is -2.53. The van der Waals surface area contributed by atoms with Gasteiger partial charge in [-0.25, -0.2) is 9.18 Å². The number of hydrogen-bond donors (Lipinski definition) is 1. The summed E-state index contributed by atoms with van der Waals surface area (Å²) >= 11 is 0. The van der Waals surface area contributed by atoms with Gasteiger partial charge in [0.1, 0.15) is 11.4 Å². The van der Waals surface area contributed by atoms with E-state index in [4.69, 9.17) is 15.2 Å². The van der Waals surface area contributed by atoms with Gasteiger partial charge in [-0.15, -0.1) is 0 Å². The van der Waals surface area contributed by atoms with Crippen LogP contribution in [0.4, 0.5) is 14.9 Å². The largest absolute Gasteiger partial charge is 0.444 e. The molecular weight excluding hydrogens is 325 g/mol. The topological polar surface area (TPSA) is 77.7 Å². The summed E-state index contributed by atoms with van der Waals surface area (Å²) in [6, 6.07) is -0.00571. The minimum absolute atomic E-state index is 0.00571. The van der Waals surface area contributed by atoms with Gasteiger partial charge in [0, 0.05) is 5.56 Å². The van der Waals surface area contributed by atoms with Gasteiger partial charge in [0.15, 0.2) is 0 Å². The molecule has 2 atom stereocenters. The highest BCUT2D eigenvalue weighted by molar-refractivity contribution is 5.68. The number of ether oxygens (including phenoxy) is 2. The summed E-state index contributed by atoms with van der Waals surface area (Å²) in [5.41, 5.74) is 6.04. The van der Waals surface area contributed by atoms with Crippen LogP contribution in [-0.4, -0.2) is 46.9 Å². The Bertz CT molecular complexity index is 583. The average Bonchev–Trinajstić information content (AvgIpc) is 2.52. The zero-order valence-electron chi connectivity index (χ0n) is 15.4. The van der Waals surface area contributed by atoms with Gasteiger partial charge in [0.25, 0.3) is 0 Å². The zero-order chi connectivity index (χ0) is 18.6. The molecular formula is C18H28FN3O3. The number of pyridine rings is 1. The van der Waals surface area contributed by atoms with Gasteiger partial charge < -0.3 is 20.1 Å². The van der Waals surface area contributed by atoms with Crippen LogP contribution in [0, 0.1) is 5.82 Å². The van der Waals surface area contributed by atoms with Gasteiger partial charge in [-0.05, 0) is 40.0 Å². The molecule has 0 aliphatic carbocycles. The first-order chi connectivity index (χ1) is 11.7. The smallest absolute Gasteiger partial charge is 0.410 e. The van der Waals surface area contributed by atoms with Crippen molar-refractivity contribution >= 4 is 11.8 Å². The highest BCUT2D eigenvalue weighted by Crippen LogP contribution is 2.23. The van der Waals surface area contributed by atoms with Crippen molar-refractivity contribution < 1.29 is 18.7 Å². The van der Waals surface area contributed by atoms with Crippen molar-refractivity contribution in [3.05, 3.63) is 23.8 Å². The van der Waals surface area contributed by atoms with Gasteiger partial charge in [0.2, 0.25) is 0 Å². The second-order valence-corrected chi connectivity index (χ2v) is 7.38. The lowest BCUT2D eigenvalue weighted by molar-refractivity contribution is -0.0724. The van der Waals surface area contributed by atoms with E-state index in [1.54, 1.807) is 4.90 Å². The van der Waals surface area contributed by atoms with Crippen LogP contribution in [-0.2, 0) is 15.9 Å². The van der Waals surface area contributed by atoms with Gasteiger partial charge in [0.05, 0.1) is 43.4 Å². The van der Waals surface area contributed by atoms with Gasteiger partial charge >= 0.3 is 6.09 Å². The van der Waals surface area contributed by atoms with Crippen LogP contribution >= 0.6 is 0 Å². The maximum absolute atomic E-state index is 13.8. The number of aromatic nitrogens is 1. The summed E-state index contributed by atoms with van der Waals surface area (Å²) in [6.07, 6.45) is 3.89. The summed E-state index contributed by atoms with van der Waals surface area (Å²) < 4.78 is 25.2. The van der Waals surface area contributed by atoms with Crippen molar-refractivity contribution in [2.45, 2.75) is 64.7 Å². The summed E-state index contributed by atoms with van der Waals surface area (Å²) in [5.74, 6) is -0.411. The molecule has 0 unspecified atom stereocenters. The Hall–Kier alpha value is -1.89. The quantitative estimate of drug-likeness (QED) is 0.900. The monoisotopic (exact) mass is 353 g/mol. The fraction of sp³-hybridized carbons (Fsp3) is 0.667. The molecule has 140 valence electrons. The molecule has 6 nitrogen and oxygen atoms in total. The van der Waals surface area contributed by atoms with E-state index in [0.29, 0.717) is 37.2 Å². The standard InChI is InChI=1S/C18H28FN3O3/c1-5-12-11-24-13(10-22(12)17(23)25-18(2,3)4)6-7-14-15(19)8-21-9-16(14)20/h8-9,12-13H,5-7,10-11,20H2,1-4H3/t12-,13-/m1/s1. The van der Waals surface area contributed by atoms with Crippen LogP contribution in [0.15, 0.2) is 12.4 Å². The summed E-state index contributed by atoms with van der Waals surface area (Å²) in [7, 11) is 0. The molecule has 1 aromatic rings. The van der Waals surface area contributed by atoms with Crippen molar-refractivity contribution in [2.24, 2.45) is 0 Å². The Balaban J connectivity index is 2.00. The molecule has 1 aliphatic heterocycles. The predicted octanol–water partition coefficient (Wildman–Crippen LogP) is 3.15.